The quantitative estimate of drug-likeness (QED) is 0.0467. The number of aliphatic imine (C=N–C) groups is 3. The number of aryl methyl sites for hydroxylation is 1. The molecule has 0 atom stereocenters. The van der Waals surface area contributed by atoms with Crippen LogP contribution in [-0.2, 0) is 28.4 Å². The molecule has 3 aromatic rings. The van der Waals surface area contributed by atoms with Crippen LogP contribution in [0.15, 0.2) is 69.6 Å². The number of aromatic hydroxyl groups is 3. The molecule has 0 amide bonds. The highest BCUT2D eigenvalue weighted by atomic mass is 19.4. The molecule has 3 rings (SSSR count). The first-order valence-corrected chi connectivity index (χ1v) is 20.1. The predicted molar refractivity (Wildman–Crippen MR) is 209 cm³/mol. The van der Waals surface area contributed by atoms with Crippen molar-refractivity contribution in [2.45, 2.75) is 93.2 Å². The Balaban J connectivity index is 1.74. The summed E-state index contributed by atoms with van der Waals surface area (Å²) in [6, 6.07) is 8.12. The lowest BCUT2D eigenvalue weighted by Gasteiger charge is -2.33. The van der Waals surface area contributed by atoms with Gasteiger partial charge in [0, 0.05) is 47.5 Å². The maximum Gasteiger partial charge on any atom is 0.527 e. The lowest BCUT2D eigenvalue weighted by atomic mass is 10.0. The fourth-order valence-electron chi connectivity index (χ4n) is 5.10. The molecular formula is C40H29F26N3O11. The summed E-state index contributed by atoms with van der Waals surface area (Å²) >= 11 is 0. The van der Waals surface area contributed by atoms with Gasteiger partial charge in [-0.3, -0.25) is 15.0 Å². The Morgan fingerprint density at radius 1 is 0.388 bits per heavy atom. The number of hydrogen-bond donors (Lipinski definition) is 3. The van der Waals surface area contributed by atoms with Gasteiger partial charge < -0.3 is 24.8 Å². The van der Waals surface area contributed by atoms with Gasteiger partial charge in [-0.1, -0.05) is 6.07 Å². The molecule has 0 bridgehead atoms. The first kappa shape index (κ1) is 67.9. The lowest BCUT2D eigenvalue weighted by Crippen LogP contribution is -2.57. The van der Waals surface area contributed by atoms with Crippen LogP contribution in [0.3, 0.4) is 0 Å². The Hall–Kier alpha value is -6.39. The van der Waals surface area contributed by atoms with Crippen LogP contribution in [0, 0.1) is 6.92 Å². The van der Waals surface area contributed by atoms with Crippen LogP contribution in [0.1, 0.15) is 29.2 Å². The van der Waals surface area contributed by atoms with Crippen LogP contribution in [0.4, 0.5) is 114 Å². The second-order valence-electron chi connectivity index (χ2n) is 15.7. The second-order valence-corrected chi connectivity index (χ2v) is 15.7. The van der Waals surface area contributed by atoms with E-state index in [1.54, 1.807) is 25.9 Å². The van der Waals surface area contributed by atoms with Gasteiger partial charge in [0.05, 0.1) is 18.6 Å². The Morgan fingerprint density at radius 3 is 0.988 bits per heavy atom. The fourth-order valence-corrected chi connectivity index (χ4v) is 5.10. The van der Waals surface area contributed by atoms with Crippen LogP contribution < -0.4 is 9.47 Å². The van der Waals surface area contributed by atoms with E-state index < -0.39 is 129 Å². The third-order valence-electron chi connectivity index (χ3n) is 8.75. The number of halogens is 26. The lowest BCUT2D eigenvalue weighted by molar-refractivity contribution is -0.564. The molecule has 0 heterocycles. The molecular weight excluding hydrogens is 1190 g/mol. The number of benzene rings is 3. The van der Waals surface area contributed by atoms with E-state index in [9.17, 15) is 129 Å². The van der Waals surface area contributed by atoms with Crippen molar-refractivity contribution in [3.63, 3.8) is 0 Å². The molecule has 0 aliphatic rings. The van der Waals surface area contributed by atoms with Gasteiger partial charge in [0.15, 0.2) is 13.2 Å². The summed E-state index contributed by atoms with van der Waals surface area (Å²) in [6.07, 6.45) is -79.4. The summed E-state index contributed by atoms with van der Waals surface area (Å²) in [6.45, 7) is -3.15. The maximum atomic E-state index is 14.2. The van der Waals surface area contributed by atoms with E-state index in [2.05, 4.69) is 33.9 Å². The largest absolute Gasteiger partial charge is 0.527 e. The number of alkyl halides is 26. The van der Waals surface area contributed by atoms with E-state index in [1.807, 2.05) is 0 Å². The summed E-state index contributed by atoms with van der Waals surface area (Å²) < 4.78 is 365. The summed E-state index contributed by atoms with van der Waals surface area (Å²) in [7, 11) is 0. The van der Waals surface area contributed by atoms with Crippen molar-refractivity contribution < 1.29 is 167 Å². The molecule has 0 spiro atoms. The molecule has 3 aromatic carbocycles. The summed E-state index contributed by atoms with van der Waals surface area (Å²) in [4.78, 5) is 12.4. The highest BCUT2D eigenvalue weighted by Crippen LogP contribution is 2.51. The SMILES string of the molecule is Cc1ccc(C=NC(C)(CN=Cc2ccc(OCC(F)(F)OC(F)(F)C(F)(F)OC(F)(F)C(F)(F)OC(F)(F)F)cc2O)CN=Cc2ccc(OCC(F)(F)OC(F)(F)C(F)(F)OC(F)(F)C(F)(F)OC(F)(F)F)cc2O)c(O)c1. The number of nitrogens with zero attached hydrogens (tertiary/aromatic N) is 3. The molecule has 40 heteroatoms. The summed E-state index contributed by atoms with van der Waals surface area (Å²) in [5.41, 5.74) is -1.52. The van der Waals surface area contributed by atoms with Gasteiger partial charge in [-0.05, 0) is 55.8 Å². The van der Waals surface area contributed by atoms with Crippen molar-refractivity contribution >= 4 is 18.6 Å². The van der Waals surface area contributed by atoms with Crippen molar-refractivity contribution in [1.82, 2.24) is 0 Å². The minimum atomic E-state index is -7.28. The standard InChI is InChI=1S/C40H29F26N3O11/c1-19-3-4-22(25(70)9-19)14-69-28(2,15-67-12-20-5-7-23(10-26(20)71)73-17-29(41,42)75-31(45,46)33(49,50)77-35(53,54)37(57,58)79-39(61,62)63)16-68-13-21-6-8-24(11-27(21)72)74-18-30(43,44)76-32(47,48)34(51,52)78-36(55,56)38(59,60)80-40(64,65)66/h3-14,70-72H,15-18H2,1-2H3. The van der Waals surface area contributed by atoms with Crippen molar-refractivity contribution in [3.05, 3.63) is 76.9 Å². The number of ether oxygens (including phenoxy) is 8. The molecule has 0 saturated carbocycles. The van der Waals surface area contributed by atoms with Gasteiger partial charge in [0.2, 0.25) is 0 Å². The monoisotopic (exact) mass is 1220 g/mol. The van der Waals surface area contributed by atoms with Crippen molar-refractivity contribution in [3.8, 4) is 28.7 Å². The average Bonchev–Trinajstić information content (AvgIpc) is 3.23. The van der Waals surface area contributed by atoms with Crippen LogP contribution >= 0.6 is 0 Å². The molecule has 14 nitrogen and oxygen atoms in total. The van der Waals surface area contributed by atoms with E-state index >= 15 is 0 Å². The van der Waals surface area contributed by atoms with E-state index in [1.165, 1.54) is 25.1 Å². The third-order valence-corrected chi connectivity index (χ3v) is 8.75. The van der Waals surface area contributed by atoms with Crippen molar-refractivity contribution in [2.24, 2.45) is 15.0 Å². The summed E-state index contributed by atoms with van der Waals surface area (Å²) in [5.74, 6) is -4.03. The number of phenols is 3. The Labute approximate surface area is 426 Å². The minimum absolute atomic E-state index is 0.0991. The van der Waals surface area contributed by atoms with E-state index in [0.29, 0.717) is 29.8 Å². The van der Waals surface area contributed by atoms with Gasteiger partial charge in [-0.15, -0.1) is 26.3 Å². The molecule has 0 unspecified atom stereocenters. The van der Waals surface area contributed by atoms with Crippen LogP contribution in [-0.4, -0.2) is 140 Å². The van der Waals surface area contributed by atoms with E-state index in [4.69, 9.17) is 0 Å². The van der Waals surface area contributed by atoms with E-state index in [-0.39, 0.29) is 22.4 Å². The molecule has 452 valence electrons. The number of phenolic OH excluding ortho intramolecular Hbond substituents is 3. The highest BCUT2D eigenvalue weighted by molar-refractivity contribution is 5.85. The third kappa shape index (κ3) is 19.1. The maximum absolute atomic E-state index is 14.2. The van der Waals surface area contributed by atoms with Gasteiger partial charge >= 0.3 is 73.8 Å². The molecule has 0 aliphatic heterocycles. The summed E-state index contributed by atoms with van der Waals surface area (Å²) in [5, 5.41) is 31.1. The topological polar surface area (TPSA) is 172 Å². The van der Waals surface area contributed by atoms with Gasteiger partial charge in [-0.25, -0.2) is 28.4 Å². The molecule has 3 N–H and O–H groups in total. The molecule has 0 saturated heterocycles. The van der Waals surface area contributed by atoms with Crippen molar-refractivity contribution in [2.75, 3.05) is 26.3 Å². The molecule has 0 aromatic heterocycles. The van der Waals surface area contributed by atoms with Crippen LogP contribution in [0.5, 0.6) is 28.7 Å². The first-order valence-electron chi connectivity index (χ1n) is 20.1. The van der Waals surface area contributed by atoms with Crippen LogP contribution in [0.2, 0.25) is 0 Å². The number of hydrogen-bond acceptors (Lipinski definition) is 14. The first-order chi connectivity index (χ1) is 35.8. The van der Waals surface area contributed by atoms with Gasteiger partial charge in [0.25, 0.3) is 0 Å². The minimum Gasteiger partial charge on any atom is -0.507 e. The normalized spacial score (nSPS) is 15.3. The zero-order valence-corrected chi connectivity index (χ0v) is 38.5. The van der Waals surface area contributed by atoms with Gasteiger partial charge in [-0.2, -0.15) is 87.8 Å². The van der Waals surface area contributed by atoms with Crippen LogP contribution in [0.25, 0.3) is 0 Å². The average molecular weight is 1220 g/mol. The Kier molecular flexibility index (Phi) is 20.0. The fraction of sp³-hybridized carbons (Fsp3) is 0.475. The predicted octanol–water partition coefficient (Wildman–Crippen LogP) is 12.4. The number of rotatable bonds is 28. The Bertz CT molecular complexity index is 2540. The zero-order chi connectivity index (χ0) is 61.8. The van der Waals surface area contributed by atoms with Gasteiger partial charge in [0.1, 0.15) is 28.7 Å². The van der Waals surface area contributed by atoms with Crippen molar-refractivity contribution in [1.29, 1.82) is 0 Å². The Morgan fingerprint density at radius 2 is 0.675 bits per heavy atom. The molecule has 0 radical (unpaired) electrons. The second kappa shape index (κ2) is 23.6. The van der Waals surface area contributed by atoms with E-state index in [0.717, 1.165) is 30.8 Å². The molecule has 0 aliphatic carbocycles. The highest BCUT2D eigenvalue weighted by Gasteiger charge is 2.76. The smallest absolute Gasteiger partial charge is 0.507 e. The molecule has 80 heavy (non-hydrogen) atoms. The molecule has 0 fully saturated rings. The zero-order valence-electron chi connectivity index (χ0n) is 38.5.